The fourth-order valence-corrected chi connectivity index (χ4v) is 5.55. The van der Waals surface area contributed by atoms with Gasteiger partial charge in [0, 0.05) is 17.4 Å². The number of benzene rings is 1. The van der Waals surface area contributed by atoms with Gasteiger partial charge in [0.2, 0.25) is 10.8 Å². The number of piperidine rings is 1. The van der Waals surface area contributed by atoms with Crippen LogP contribution in [0, 0.1) is 24.6 Å². The molecule has 3 aromatic rings. The van der Waals surface area contributed by atoms with E-state index < -0.39 is 0 Å². The van der Waals surface area contributed by atoms with E-state index in [2.05, 4.69) is 23.9 Å². The predicted molar refractivity (Wildman–Crippen MR) is 99.2 cm³/mol. The molecule has 1 aliphatic rings. The minimum Gasteiger partial charge on any atom is -0.492 e. The molecule has 0 spiro atoms. The van der Waals surface area contributed by atoms with Gasteiger partial charge >= 0.3 is 0 Å². The number of quaternary nitrogens is 1. The van der Waals surface area contributed by atoms with E-state index >= 15 is 0 Å². The second-order valence-corrected chi connectivity index (χ2v) is 8.65. The van der Waals surface area contributed by atoms with Crippen molar-refractivity contribution in [1.82, 2.24) is 14.6 Å². The van der Waals surface area contributed by atoms with Gasteiger partial charge in [-0.2, -0.15) is 4.52 Å². The van der Waals surface area contributed by atoms with Crippen LogP contribution in [-0.2, 0) is 0 Å². The molecule has 1 aromatic carbocycles. The highest BCUT2D eigenvalue weighted by Gasteiger charge is 2.37. The molecule has 0 bridgehead atoms. The van der Waals surface area contributed by atoms with Gasteiger partial charge in [-0.05, 0) is 25.5 Å². The van der Waals surface area contributed by atoms with E-state index in [0.717, 1.165) is 23.5 Å². The van der Waals surface area contributed by atoms with Crippen molar-refractivity contribution in [2.75, 3.05) is 13.1 Å². The Balaban J connectivity index is 1.84. The van der Waals surface area contributed by atoms with Crippen molar-refractivity contribution in [3.63, 3.8) is 0 Å². The Morgan fingerprint density at radius 2 is 2.04 bits per heavy atom. The molecule has 7 heteroatoms. The second-order valence-electron chi connectivity index (χ2n) is 7.64. The van der Waals surface area contributed by atoms with E-state index in [1.165, 1.54) is 33.2 Å². The maximum Gasteiger partial charge on any atom is 0.235 e. The molecule has 2 N–H and O–H groups in total. The molecule has 3 heterocycles. The number of fused-ring (bicyclic) bond motifs is 1. The largest absolute Gasteiger partial charge is 0.492 e. The third-order valence-electron chi connectivity index (χ3n) is 5.18. The lowest BCUT2D eigenvalue weighted by molar-refractivity contribution is -0.936. The number of hydrogen-bond acceptors (Lipinski definition) is 4. The highest BCUT2D eigenvalue weighted by molar-refractivity contribution is 7.17. The van der Waals surface area contributed by atoms with Gasteiger partial charge in [0.15, 0.2) is 6.04 Å². The molecule has 1 unspecified atom stereocenters. The van der Waals surface area contributed by atoms with Gasteiger partial charge < -0.3 is 10.0 Å². The number of aromatic hydroxyl groups is 1. The molecule has 138 valence electrons. The van der Waals surface area contributed by atoms with Gasteiger partial charge in [-0.1, -0.05) is 37.3 Å². The van der Waals surface area contributed by atoms with Gasteiger partial charge in [-0.15, -0.1) is 5.10 Å². The smallest absolute Gasteiger partial charge is 0.235 e. The van der Waals surface area contributed by atoms with E-state index in [9.17, 15) is 9.50 Å². The monoisotopic (exact) mass is 375 g/mol. The summed E-state index contributed by atoms with van der Waals surface area (Å²) in [6.45, 7) is 8.34. The number of nitrogens with one attached hydrogen (secondary N) is 1. The topological polar surface area (TPSA) is 54.9 Å². The average Bonchev–Trinajstić information content (AvgIpc) is 3.05. The predicted octanol–water partition coefficient (Wildman–Crippen LogP) is 2.59. The number of nitrogens with zero attached hydrogens (tertiary/aromatic N) is 3. The number of aryl methyl sites for hydroxylation is 1. The molecule has 2 aromatic heterocycles. The minimum atomic E-state index is -0.250. The lowest BCUT2D eigenvalue weighted by Crippen LogP contribution is -3.14. The maximum atomic E-state index is 14.0. The van der Waals surface area contributed by atoms with Crippen molar-refractivity contribution in [3.05, 3.63) is 46.3 Å². The Kier molecular flexibility index (Phi) is 4.44. The first-order chi connectivity index (χ1) is 12.4. The summed E-state index contributed by atoms with van der Waals surface area (Å²) in [6.07, 6.45) is 1.21. The Bertz CT molecular complexity index is 927. The number of thiazole rings is 1. The van der Waals surface area contributed by atoms with E-state index in [1.54, 1.807) is 12.1 Å². The van der Waals surface area contributed by atoms with Crippen LogP contribution in [0.25, 0.3) is 4.96 Å². The lowest BCUT2D eigenvalue weighted by atomic mass is 9.89. The van der Waals surface area contributed by atoms with Crippen LogP contribution in [0.3, 0.4) is 0 Å². The summed E-state index contributed by atoms with van der Waals surface area (Å²) in [4.78, 5) is 7.23. The van der Waals surface area contributed by atoms with Crippen LogP contribution < -0.4 is 4.90 Å². The normalized spacial score (nSPS) is 24.8. The van der Waals surface area contributed by atoms with Gasteiger partial charge in [-0.25, -0.2) is 9.37 Å². The summed E-state index contributed by atoms with van der Waals surface area (Å²) in [5, 5.41) is 15.1. The summed E-state index contributed by atoms with van der Waals surface area (Å²) < 4.78 is 15.5. The quantitative estimate of drug-likeness (QED) is 0.740. The molecule has 0 aliphatic carbocycles. The number of halogens is 1. The Labute approximate surface area is 156 Å². The zero-order valence-corrected chi connectivity index (χ0v) is 16.1. The molecule has 5 nitrogen and oxygen atoms in total. The molecule has 0 amide bonds. The summed E-state index contributed by atoms with van der Waals surface area (Å²) in [6, 6.07) is 6.62. The molecular weight excluding hydrogens is 351 g/mol. The van der Waals surface area contributed by atoms with E-state index in [4.69, 9.17) is 0 Å². The standard InChI is InChI=1S/C19H23FN4OS/c1-11-7-12(2)10-23(9-11)16(14-5-4-6-15(20)8-14)17-18(25)24-19(26-17)21-13(3)22-24/h4-6,8,11-12,16,25H,7,9-10H2,1-3H3/p+1/t11-,12+,16-/m0/s1. The molecule has 0 radical (unpaired) electrons. The van der Waals surface area contributed by atoms with Crippen LogP contribution in [0.5, 0.6) is 5.88 Å². The van der Waals surface area contributed by atoms with E-state index in [-0.39, 0.29) is 17.7 Å². The molecule has 4 atom stereocenters. The van der Waals surface area contributed by atoms with E-state index in [0.29, 0.717) is 22.6 Å². The van der Waals surface area contributed by atoms with Crippen LogP contribution in [0.2, 0.25) is 0 Å². The van der Waals surface area contributed by atoms with Crippen molar-refractivity contribution < 1.29 is 14.4 Å². The van der Waals surface area contributed by atoms with Crippen LogP contribution >= 0.6 is 11.3 Å². The summed E-state index contributed by atoms with van der Waals surface area (Å²) in [5.41, 5.74) is 0.887. The molecule has 26 heavy (non-hydrogen) atoms. The summed E-state index contributed by atoms with van der Waals surface area (Å²) in [5.74, 6) is 1.69. The van der Waals surface area contributed by atoms with Crippen molar-refractivity contribution >= 4 is 16.3 Å². The number of aromatic nitrogens is 3. The number of rotatable bonds is 3. The van der Waals surface area contributed by atoms with Crippen LogP contribution in [0.4, 0.5) is 4.39 Å². The van der Waals surface area contributed by atoms with Crippen molar-refractivity contribution in [3.8, 4) is 5.88 Å². The van der Waals surface area contributed by atoms with E-state index in [1.807, 2.05) is 13.0 Å². The fourth-order valence-electron chi connectivity index (χ4n) is 4.36. The molecule has 4 rings (SSSR count). The Morgan fingerprint density at radius 3 is 2.69 bits per heavy atom. The molecular formula is C19H24FN4OS+. The van der Waals surface area contributed by atoms with Crippen LogP contribution in [-0.4, -0.2) is 32.8 Å². The SMILES string of the molecule is Cc1nc2sc([C@H](c3cccc(F)c3)[NH+]3C[C@H](C)C[C@H](C)C3)c(O)n2n1. The first-order valence-electron chi connectivity index (χ1n) is 9.07. The minimum absolute atomic E-state index is 0.121. The highest BCUT2D eigenvalue weighted by atomic mass is 32.1. The average molecular weight is 375 g/mol. The van der Waals surface area contributed by atoms with Gasteiger partial charge in [-0.3, -0.25) is 0 Å². The van der Waals surface area contributed by atoms with Gasteiger partial charge in [0.25, 0.3) is 0 Å². The summed E-state index contributed by atoms with van der Waals surface area (Å²) >= 11 is 1.45. The molecule has 1 saturated heterocycles. The van der Waals surface area contributed by atoms with Crippen molar-refractivity contribution in [2.24, 2.45) is 11.8 Å². The molecule has 0 saturated carbocycles. The first-order valence-corrected chi connectivity index (χ1v) is 9.89. The van der Waals surface area contributed by atoms with Crippen LogP contribution in [0.15, 0.2) is 24.3 Å². The van der Waals surface area contributed by atoms with Gasteiger partial charge in [0.1, 0.15) is 16.5 Å². The van der Waals surface area contributed by atoms with Crippen LogP contribution in [0.1, 0.15) is 42.6 Å². The third kappa shape index (κ3) is 3.10. The van der Waals surface area contributed by atoms with Gasteiger partial charge in [0.05, 0.1) is 13.1 Å². The molecule has 1 fully saturated rings. The first kappa shape index (κ1) is 17.4. The number of likely N-dealkylation sites (tertiary alicyclic amines) is 1. The second kappa shape index (κ2) is 6.63. The Morgan fingerprint density at radius 1 is 1.31 bits per heavy atom. The van der Waals surface area contributed by atoms with Crippen molar-refractivity contribution in [2.45, 2.75) is 33.2 Å². The zero-order valence-electron chi connectivity index (χ0n) is 15.2. The highest BCUT2D eigenvalue weighted by Crippen LogP contribution is 2.35. The summed E-state index contributed by atoms with van der Waals surface area (Å²) in [7, 11) is 0. The third-order valence-corrected chi connectivity index (χ3v) is 6.27. The number of hydrogen-bond donors (Lipinski definition) is 2. The zero-order chi connectivity index (χ0) is 18.4. The van der Waals surface area contributed by atoms with Crippen molar-refractivity contribution in [1.29, 1.82) is 0 Å². The lowest BCUT2D eigenvalue weighted by Gasteiger charge is -2.37. The fraction of sp³-hybridized carbons (Fsp3) is 0.474. The maximum absolute atomic E-state index is 14.0. The Hall–Kier alpha value is -1.99. The molecule has 1 aliphatic heterocycles.